The maximum absolute atomic E-state index is 13.6. The number of carboxylic acid groups (broad SMARTS) is 1. The standard InChI is InChI=1S/C51H62ClN7O15/c52-36-19-20-37-43(50(71)59(37)44(36)51(72)73)56-49(70)35(31-12-3-1-4-13-31)30-32(60)18-22-42(65)58(74)29-7-2-5-24-53-40(63)21-23-41(64)57(28-11-26-55-48(69)34-15-10-17-39(62)46(34)67)27-8-6-25-54-47(68)33-14-9-16-38(61)45(33)66/h1,3-4,9-10,12-17,35,37,43,61-62,66-67,74H,2,5-8,11,18-30H2,(H,53,63)(H,54,68)(H,55,69)(H,56,70)(H,72,73)/t35-,37?,43+/m1/s1. The lowest BCUT2D eigenvalue weighted by Gasteiger charge is -2.49. The number of aliphatic carboxylic acids is 1. The predicted octanol–water partition coefficient (Wildman–Crippen LogP) is 3.50. The third kappa shape index (κ3) is 15.9. The molecule has 74 heavy (non-hydrogen) atoms. The van der Waals surface area contributed by atoms with Crippen molar-refractivity contribution in [2.24, 2.45) is 0 Å². The number of carbonyl (C=O) groups excluding carboxylic acids is 8. The number of hydroxylamine groups is 2. The minimum Gasteiger partial charge on any atom is -0.504 e. The van der Waals surface area contributed by atoms with E-state index in [4.69, 9.17) is 11.6 Å². The van der Waals surface area contributed by atoms with Crippen LogP contribution in [0, 0.1) is 0 Å². The number of ketones is 1. The van der Waals surface area contributed by atoms with Gasteiger partial charge in [-0.05, 0) is 81.2 Å². The summed E-state index contributed by atoms with van der Waals surface area (Å²) in [4.78, 5) is 118. The molecule has 0 saturated carbocycles. The number of para-hydroxylation sites is 2. The molecule has 7 amide bonds. The van der Waals surface area contributed by atoms with Gasteiger partial charge in [-0.15, -0.1) is 0 Å². The Bertz CT molecular complexity index is 2580. The molecule has 398 valence electrons. The lowest BCUT2D eigenvalue weighted by atomic mass is 9.85. The molecule has 2 aliphatic heterocycles. The Morgan fingerprint density at radius 2 is 1.23 bits per heavy atom. The molecule has 0 spiro atoms. The maximum atomic E-state index is 13.6. The van der Waals surface area contributed by atoms with E-state index in [1.54, 1.807) is 30.3 Å². The van der Waals surface area contributed by atoms with Crippen LogP contribution in [0.3, 0.4) is 0 Å². The number of Topliss-reactive ketones (excluding diaryl/α,β-unsaturated/α-hetero) is 1. The molecule has 2 heterocycles. The molecule has 22 nitrogen and oxygen atoms in total. The largest absolute Gasteiger partial charge is 0.504 e. The Labute approximate surface area is 431 Å². The zero-order chi connectivity index (χ0) is 53.9. The fourth-order valence-corrected chi connectivity index (χ4v) is 8.77. The van der Waals surface area contributed by atoms with Crippen molar-refractivity contribution in [2.45, 2.75) is 101 Å². The van der Waals surface area contributed by atoms with Gasteiger partial charge in [-0.2, -0.15) is 0 Å². The second-order valence-corrected chi connectivity index (χ2v) is 18.2. The number of fused-ring (bicyclic) bond motifs is 1. The summed E-state index contributed by atoms with van der Waals surface area (Å²) in [6, 6.07) is 14.8. The number of carbonyl (C=O) groups is 9. The number of benzene rings is 3. The number of phenols is 4. The number of nitrogens with one attached hydrogen (secondary N) is 4. The Kier molecular flexibility index (Phi) is 21.6. The first-order valence-electron chi connectivity index (χ1n) is 24.3. The third-order valence-corrected chi connectivity index (χ3v) is 12.9. The molecule has 1 fully saturated rings. The van der Waals surface area contributed by atoms with Gasteiger partial charge in [0, 0.05) is 76.4 Å². The molecule has 0 aliphatic carbocycles. The molecule has 0 radical (unpaired) electrons. The van der Waals surface area contributed by atoms with Gasteiger partial charge in [-0.3, -0.25) is 48.5 Å². The van der Waals surface area contributed by atoms with Gasteiger partial charge in [0.2, 0.25) is 23.6 Å². The van der Waals surface area contributed by atoms with Crippen LogP contribution in [0.15, 0.2) is 77.5 Å². The fourth-order valence-electron chi connectivity index (χ4n) is 8.49. The summed E-state index contributed by atoms with van der Waals surface area (Å²) in [6.07, 6.45) is 1.94. The second-order valence-electron chi connectivity index (χ2n) is 17.8. The monoisotopic (exact) mass is 1050 g/mol. The number of rotatable bonds is 29. The van der Waals surface area contributed by atoms with Gasteiger partial charge in [-0.1, -0.05) is 54.1 Å². The zero-order valence-electron chi connectivity index (χ0n) is 40.6. The highest BCUT2D eigenvalue weighted by Crippen LogP contribution is 2.38. The number of hydrogen-bond donors (Lipinski definition) is 10. The number of carboxylic acids is 1. The molecular weight excluding hydrogens is 986 g/mol. The molecule has 10 N–H and O–H groups in total. The van der Waals surface area contributed by atoms with Crippen molar-refractivity contribution in [3.63, 3.8) is 0 Å². The molecule has 3 aromatic carbocycles. The van der Waals surface area contributed by atoms with Crippen LogP contribution in [0.2, 0.25) is 0 Å². The molecule has 0 bridgehead atoms. The Morgan fingerprint density at radius 3 is 1.86 bits per heavy atom. The molecule has 3 aromatic rings. The van der Waals surface area contributed by atoms with Crippen LogP contribution in [-0.4, -0.2) is 150 Å². The summed E-state index contributed by atoms with van der Waals surface area (Å²) in [5, 5.41) is 70.7. The van der Waals surface area contributed by atoms with Crippen LogP contribution < -0.4 is 21.3 Å². The van der Waals surface area contributed by atoms with Crippen molar-refractivity contribution < 1.29 is 73.9 Å². The number of amides is 7. The number of β-lactam (4-membered cyclic amide) rings is 1. The second kappa shape index (κ2) is 27.9. The quantitative estimate of drug-likeness (QED) is 0.0156. The van der Waals surface area contributed by atoms with Crippen LogP contribution in [0.5, 0.6) is 23.0 Å². The average molecular weight is 1050 g/mol. The van der Waals surface area contributed by atoms with Crippen molar-refractivity contribution in [2.75, 3.05) is 39.3 Å². The van der Waals surface area contributed by atoms with Crippen molar-refractivity contribution in [3.8, 4) is 23.0 Å². The van der Waals surface area contributed by atoms with Crippen molar-refractivity contribution in [1.29, 1.82) is 0 Å². The van der Waals surface area contributed by atoms with E-state index in [1.165, 1.54) is 41.3 Å². The normalized spacial score (nSPS) is 15.2. The van der Waals surface area contributed by atoms with Gasteiger partial charge in [0.05, 0.1) is 23.1 Å². The predicted molar refractivity (Wildman–Crippen MR) is 265 cm³/mol. The number of aromatic hydroxyl groups is 4. The van der Waals surface area contributed by atoms with E-state index in [2.05, 4.69) is 21.3 Å². The lowest BCUT2D eigenvalue weighted by Crippen LogP contribution is -2.71. The topological polar surface area (TPSA) is 333 Å². The van der Waals surface area contributed by atoms with E-state index in [-0.39, 0.29) is 111 Å². The first-order chi connectivity index (χ1) is 35.4. The van der Waals surface area contributed by atoms with Crippen molar-refractivity contribution >= 4 is 64.7 Å². The number of nitrogens with zero attached hydrogens (tertiary/aromatic N) is 3. The lowest BCUT2D eigenvalue weighted by molar-refractivity contribution is -0.166. The summed E-state index contributed by atoms with van der Waals surface area (Å²) >= 11 is 6.08. The van der Waals surface area contributed by atoms with Crippen LogP contribution in [-0.2, 0) is 33.6 Å². The van der Waals surface area contributed by atoms with Gasteiger partial charge in [0.15, 0.2) is 23.0 Å². The maximum Gasteiger partial charge on any atom is 0.353 e. The summed E-state index contributed by atoms with van der Waals surface area (Å²) in [5.74, 6) is -8.69. The van der Waals surface area contributed by atoms with E-state index in [0.717, 1.165) is 4.90 Å². The van der Waals surface area contributed by atoms with E-state index >= 15 is 0 Å². The molecule has 3 atom stereocenters. The highest BCUT2D eigenvalue weighted by atomic mass is 35.5. The van der Waals surface area contributed by atoms with Crippen LogP contribution in [0.1, 0.15) is 116 Å². The van der Waals surface area contributed by atoms with Gasteiger partial charge in [-0.25, -0.2) is 9.86 Å². The SMILES string of the molecule is O=C(CCC(=O)N(O)CCCCCNC(=O)CCC(=O)N(CCCCNC(=O)c1cccc(O)c1O)CCCNC(=O)c1cccc(O)c1O)C[C@@H](C(=O)N[C@@H]1C(=O)N2C(C(=O)O)=C(Cl)CCC12)c1ccccc1. The fraction of sp³-hybridized carbons (Fsp3) is 0.431. The van der Waals surface area contributed by atoms with E-state index in [1.807, 2.05) is 0 Å². The van der Waals surface area contributed by atoms with E-state index < -0.39 is 82.3 Å². The van der Waals surface area contributed by atoms with Gasteiger partial charge in [0.1, 0.15) is 17.5 Å². The summed E-state index contributed by atoms with van der Waals surface area (Å²) in [7, 11) is 0. The number of phenolic OH excluding ortho intramolecular Hbond substituents is 4. The molecule has 23 heteroatoms. The Morgan fingerprint density at radius 1 is 0.662 bits per heavy atom. The van der Waals surface area contributed by atoms with Crippen LogP contribution >= 0.6 is 11.6 Å². The minimum absolute atomic E-state index is 0.0455. The molecule has 1 unspecified atom stereocenters. The highest BCUT2D eigenvalue weighted by Gasteiger charge is 2.53. The molecule has 2 aliphatic rings. The molecule has 5 rings (SSSR count). The zero-order valence-corrected chi connectivity index (χ0v) is 41.4. The number of allylic oxidation sites excluding steroid dienone is 1. The van der Waals surface area contributed by atoms with E-state index in [9.17, 15) is 73.9 Å². The summed E-state index contributed by atoms with van der Waals surface area (Å²) in [6.45, 7) is 0.965. The minimum atomic E-state index is -1.35. The molecule has 0 aromatic heterocycles. The van der Waals surface area contributed by atoms with Crippen LogP contribution in [0.4, 0.5) is 0 Å². The summed E-state index contributed by atoms with van der Waals surface area (Å²) < 4.78 is 0. The number of hydrogen-bond acceptors (Lipinski definition) is 14. The van der Waals surface area contributed by atoms with Crippen molar-refractivity contribution in [3.05, 3.63) is 94.1 Å². The van der Waals surface area contributed by atoms with Gasteiger partial charge < -0.3 is 51.7 Å². The number of unbranched alkanes of at least 4 members (excludes halogenated alkanes) is 3. The van der Waals surface area contributed by atoms with Gasteiger partial charge >= 0.3 is 5.97 Å². The Balaban J connectivity index is 0.989. The highest BCUT2D eigenvalue weighted by molar-refractivity contribution is 6.32. The van der Waals surface area contributed by atoms with Crippen molar-refractivity contribution in [1.82, 2.24) is 36.1 Å². The Hall–Kier alpha value is -7.72. The summed E-state index contributed by atoms with van der Waals surface area (Å²) in [5.41, 5.74) is -0.0404. The third-order valence-electron chi connectivity index (χ3n) is 12.6. The molecule has 1 saturated heterocycles. The average Bonchev–Trinajstić information content (AvgIpc) is 3.38. The van der Waals surface area contributed by atoms with Gasteiger partial charge in [0.25, 0.3) is 17.7 Å². The molecular formula is C51H62ClN7O15. The van der Waals surface area contributed by atoms with Crippen LogP contribution in [0.25, 0.3) is 0 Å². The van der Waals surface area contributed by atoms with E-state index in [0.29, 0.717) is 55.6 Å². The smallest absolute Gasteiger partial charge is 0.353 e. The first kappa shape index (κ1) is 57.2. The first-order valence-corrected chi connectivity index (χ1v) is 24.7. The number of halogens is 1.